The van der Waals surface area contributed by atoms with E-state index in [1.165, 1.54) is 6.07 Å². The van der Waals surface area contributed by atoms with Crippen molar-refractivity contribution in [2.24, 2.45) is 0 Å². The van der Waals surface area contributed by atoms with Crippen LogP contribution in [0.4, 0.5) is 15.8 Å². The van der Waals surface area contributed by atoms with E-state index in [2.05, 4.69) is 10.6 Å². The van der Waals surface area contributed by atoms with Crippen LogP contribution in [0, 0.1) is 5.82 Å². The van der Waals surface area contributed by atoms with E-state index in [0.29, 0.717) is 31.9 Å². The van der Waals surface area contributed by atoms with Gasteiger partial charge in [0.15, 0.2) is 0 Å². The molecule has 0 bridgehead atoms. The van der Waals surface area contributed by atoms with Crippen molar-refractivity contribution in [3.63, 3.8) is 0 Å². The number of benzene rings is 1. The Balaban J connectivity index is 1.52. The average molecular weight is 420 g/mol. The van der Waals surface area contributed by atoms with Crippen LogP contribution in [0.25, 0.3) is 0 Å². The third-order valence-electron chi connectivity index (χ3n) is 5.28. The quantitative estimate of drug-likeness (QED) is 0.721. The third kappa shape index (κ3) is 5.69. The smallest absolute Gasteiger partial charge is 0.313 e. The molecule has 1 aromatic carbocycles. The van der Waals surface area contributed by atoms with Crippen LogP contribution in [0.3, 0.4) is 0 Å². The number of amides is 3. The molecule has 30 heavy (non-hydrogen) atoms. The molecular weight excluding hydrogens is 391 g/mol. The summed E-state index contributed by atoms with van der Waals surface area (Å²) in [6, 6.07) is 4.31. The molecule has 8 nitrogen and oxygen atoms in total. The minimum atomic E-state index is -0.942. The first kappa shape index (κ1) is 22.0. The van der Waals surface area contributed by atoms with Crippen LogP contribution >= 0.6 is 0 Å². The normalized spacial score (nSPS) is 21.8. The average Bonchev–Trinajstić information content (AvgIpc) is 2.71. The van der Waals surface area contributed by atoms with Gasteiger partial charge < -0.3 is 25.2 Å². The van der Waals surface area contributed by atoms with Crippen LogP contribution < -0.4 is 15.5 Å². The Hall–Kier alpha value is -2.68. The molecule has 2 aliphatic rings. The summed E-state index contributed by atoms with van der Waals surface area (Å²) in [5.41, 5.74) is 0.597. The number of likely N-dealkylation sites (tertiary alicyclic amines) is 1. The van der Waals surface area contributed by atoms with Crippen LogP contribution in [0.1, 0.15) is 33.1 Å². The lowest BCUT2D eigenvalue weighted by Crippen LogP contribution is -2.45. The fourth-order valence-corrected chi connectivity index (χ4v) is 3.89. The fourth-order valence-electron chi connectivity index (χ4n) is 3.89. The van der Waals surface area contributed by atoms with Crippen molar-refractivity contribution in [3.05, 3.63) is 24.0 Å². The lowest BCUT2D eigenvalue weighted by atomic mass is 10.1. The van der Waals surface area contributed by atoms with Crippen molar-refractivity contribution in [2.75, 3.05) is 42.9 Å². The molecule has 0 unspecified atom stereocenters. The van der Waals surface area contributed by atoms with E-state index < -0.39 is 17.6 Å². The maximum Gasteiger partial charge on any atom is 0.313 e. The zero-order valence-corrected chi connectivity index (χ0v) is 17.4. The third-order valence-corrected chi connectivity index (χ3v) is 5.28. The predicted octanol–water partition coefficient (Wildman–Crippen LogP) is 1.51. The first-order valence-corrected chi connectivity index (χ1v) is 10.4. The molecule has 2 fully saturated rings. The van der Waals surface area contributed by atoms with Crippen LogP contribution in [-0.4, -0.2) is 67.6 Å². The number of anilines is 2. The largest absolute Gasteiger partial charge is 0.372 e. The molecule has 0 radical (unpaired) electrons. The van der Waals surface area contributed by atoms with E-state index in [4.69, 9.17) is 4.74 Å². The number of hydrogen-bond donors (Lipinski definition) is 2. The van der Waals surface area contributed by atoms with Crippen molar-refractivity contribution in [2.45, 2.75) is 45.3 Å². The van der Waals surface area contributed by atoms with Crippen LogP contribution in [0.5, 0.6) is 0 Å². The van der Waals surface area contributed by atoms with Crippen LogP contribution in [0.15, 0.2) is 18.2 Å². The first-order chi connectivity index (χ1) is 14.3. The second-order valence-corrected chi connectivity index (χ2v) is 7.91. The van der Waals surface area contributed by atoms with Crippen LogP contribution in [-0.2, 0) is 19.1 Å². The number of carbonyl (C=O) groups excluding carboxylic acids is 3. The van der Waals surface area contributed by atoms with Gasteiger partial charge in [-0.25, -0.2) is 4.39 Å². The molecule has 1 aromatic rings. The number of morpholine rings is 1. The van der Waals surface area contributed by atoms with Gasteiger partial charge in [0.2, 0.25) is 5.91 Å². The van der Waals surface area contributed by atoms with Gasteiger partial charge in [-0.15, -0.1) is 0 Å². The maximum absolute atomic E-state index is 14.6. The number of nitrogens with one attached hydrogen (secondary N) is 2. The maximum atomic E-state index is 14.6. The number of piperidine rings is 1. The first-order valence-electron chi connectivity index (χ1n) is 10.4. The second-order valence-electron chi connectivity index (χ2n) is 7.91. The van der Waals surface area contributed by atoms with Gasteiger partial charge in [-0.05, 0) is 51.3 Å². The van der Waals surface area contributed by atoms with E-state index in [1.807, 2.05) is 18.7 Å². The Morgan fingerprint density at radius 3 is 2.37 bits per heavy atom. The number of halogens is 1. The highest BCUT2D eigenvalue weighted by Gasteiger charge is 2.25. The molecule has 3 rings (SSSR count). The number of ether oxygens (including phenoxy) is 1. The molecule has 164 valence electrons. The fraction of sp³-hybridized carbons (Fsp3) is 0.571. The topological polar surface area (TPSA) is 91.0 Å². The van der Waals surface area contributed by atoms with Gasteiger partial charge in [0.1, 0.15) is 5.82 Å². The molecule has 2 heterocycles. The van der Waals surface area contributed by atoms with Gasteiger partial charge in [-0.3, -0.25) is 14.4 Å². The SMILES string of the molecule is C[C@@H]1CN(c2ccc(NC(=O)C(=O)NCC(=O)N3CCCCC3)cc2F)C[C@H](C)O1. The van der Waals surface area contributed by atoms with Crippen molar-refractivity contribution in [1.29, 1.82) is 0 Å². The van der Waals surface area contributed by atoms with E-state index in [0.717, 1.165) is 19.3 Å². The summed E-state index contributed by atoms with van der Waals surface area (Å²) in [6.45, 7) is 6.13. The standard InChI is InChI=1S/C21H29FN4O4/c1-14-12-26(13-15(2)30-14)18-7-6-16(10-17(18)22)24-21(29)20(28)23-11-19(27)25-8-4-3-5-9-25/h6-7,10,14-15H,3-5,8-9,11-13H2,1-2H3,(H,23,28)(H,24,29)/t14-,15+. The summed E-state index contributed by atoms with van der Waals surface area (Å²) in [6.07, 6.45) is 2.97. The Labute approximate surface area is 175 Å². The zero-order chi connectivity index (χ0) is 21.7. The molecule has 2 N–H and O–H groups in total. The molecule has 0 spiro atoms. The molecule has 3 amide bonds. The molecule has 2 aliphatic heterocycles. The van der Waals surface area contributed by atoms with Gasteiger partial charge >= 0.3 is 11.8 Å². The Morgan fingerprint density at radius 2 is 1.73 bits per heavy atom. The highest BCUT2D eigenvalue weighted by molar-refractivity contribution is 6.39. The van der Waals surface area contributed by atoms with E-state index >= 15 is 0 Å². The molecule has 0 aliphatic carbocycles. The van der Waals surface area contributed by atoms with Gasteiger partial charge in [0.25, 0.3) is 0 Å². The van der Waals surface area contributed by atoms with Gasteiger partial charge in [0, 0.05) is 31.9 Å². The lowest BCUT2D eigenvalue weighted by molar-refractivity contribution is -0.138. The second kappa shape index (κ2) is 9.88. The Bertz CT molecular complexity index is 787. The number of nitrogens with zero attached hydrogens (tertiary/aromatic N) is 2. The van der Waals surface area contributed by atoms with Gasteiger partial charge in [-0.1, -0.05) is 0 Å². The number of rotatable bonds is 4. The number of carbonyl (C=O) groups is 3. The summed E-state index contributed by atoms with van der Waals surface area (Å²) >= 11 is 0. The zero-order valence-electron chi connectivity index (χ0n) is 17.4. The molecular formula is C21H29FN4O4. The number of hydrogen-bond acceptors (Lipinski definition) is 5. The minimum Gasteiger partial charge on any atom is -0.372 e. The molecule has 0 saturated carbocycles. The summed E-state index contributed by atoms with van der Waals surface area (Å²) in [4.78, 5) is 39.7. The molecule has 2 atom stereocenters. The van der Waals surface area contributed by atoms with Crippen LogP contribution in [0.2, 0.25) is 0 Å². The Morgan fingerprint density at radius 1 is 1.07 bits per heavy atom. The summed E-state index contributed by atoms with van der Waals surface area (Å²) in [5, 5.41) is 4.70. The molecule has 9 heteroatoms. The van der Waals surface area contributed by atoms with E-state index in [1.54, 1.807) is 17.0 Å². The van der Waals surface area contributed by atoms with Crippen molar-refractivity contribution >= 4 is 29.1 Å². The molecule has 2 saturated heterocycles. The van der Waals surface area contributed by atoms with Crippen molar-refractivity contribution in [3.8, 4) is 0 Å². The minimum absolute atomic E-state index is 0.0103. The highest BCUT2D eigenvalue weighted by atomic mass is 19.1. The molecule has 0 aromatic heterocycles. The van der Waals surface area contributed by atoms with E-state index in [-0.39, 0.29) is 30.3 Å². The van der Waals surface area contributed by atoms with Crippen molar-refractivity contribution in [1.82, 2.24) is 10.2 Å². The highest BCUT2D eigenvalue weighted by Crippen LogP contribution is 2.26. The summed E-state index contributed by atoms with van der Waals surface area (Å²) < 4.78 is 20.3. The predicted molar refractivity (Wildman–Crippen MR) is 111 cm³/mol. The van der Waals surface area contributed by atoms with Gasteiger partial charge in [-0.2, -0.15) is 0 Å². The lowest BCUT2D eigenvalue weighted by Gasteiger charge is -2.37. The van der Waals surface area contributed by atoms with Crippen molar-refractivity contribution < 1.29 is 23.5 Å². The Kier molecular flexibility index (Phi) is 7.25. The monoisotopic (exact) mass is 420 g/mol. The van der Waals surface area contributed by atoms with Gasteiger partial charge in [0.05, 0.1) is 24.4 Å². The van der Waals surface area contributed by atoms with E-state index in [9.17, 15) is 18.8 Å². The summed E-state index contributed by atoms with van der Waals surface area (Å²) in [7, 11) is 0. The summed E-state index contributed by atoms with van der Waals surface area (Å²) in [5.74, 6) is -2.57.